The number of aliphatic hydroxyl groups is 2. The van der Waals surface area contributed by atoms with Crippen LogP contribution >= 0.6 is 11.8 Å². The predicted octanol–water partition coefficient (Wildman–Crippen LogP) is -0.685. The number of halogens is 1. The van der Waals surface area contributed by atoms with Crippen LogP contribution in [0.25, 0.3) is 0 Å². The van der Waals surface area contributed by atoms with E-state index in [1.165, 1.54) is 12.3 Å². The van der Waals surface area contributed by atoms with Gasteiger partial charge in [-0.25, -0.2) is 9.18 Å². The number of hydrogen-bond acceptors (Lipinski definition) is 6. The molecule has 17 heavy (non-hydrogen) atoms. The van der Waals surface area contributed by atoms with Gasteiger partial charge in [-0.3, -0.25) is 0 Å². The molecule has 1 aliphatic rings. The number of aliphatic hydroxyl groups excluding tert-OH is 2. The van der Waals surface area contributed by atoms with E-state index in [0.717, 1.165) is 11.8 Å². The lowest BCUT2D eigenvalue weighted by atomic mass is 10.1. The molecule has 1 fully saturated rings. The zero-order chi connectivity index (χ0) is 12.4. The SMILES string of the molecule is O=c1nc(N[C@@H]2S[C@H](CO)[C@@H](O)[C@@H]2F)cc[nH]1. The zero-order valence-electron chi connectivity index (χ0n) is 8.71. The van der Waals surface area contributed by atoms with E-state index in [1.807, 2.05) is 0 Å². The third-order valence-corrected chi connectivity index (χ3v) is 3.91. The maximum absolute atomic E-state index is 13.6. The van der Waals surface area contributed by atoms with Crippen molar-refractivity contribution >= 4 is 17.6 Å². The van der Waals surface area contributed by atoms with E-state index in [-0.39, 0.29) is 12.4 Å². The molecule has 0 aliphatic carbocycles. The Morgan fingerprint density at radius 2 is 2.41 bits per heavy atom. The van der Waals surface area contributed by atoms with Crippen molar-refractivity contribution < 1.29 is 14.6 Å². The highest BCUT2D eigenvalue weighted by Crippen LogP contribution is 2.36. The van der Waals surface area contributed by atoms with Crippen molar-refractivity contribution in [2.45, 2.75) is 22.9 Å². The number of hydrogen-bond donors (Lipinski definition) is 4. The molecule has 1 aliphatic heterocycles. The first-order chi connectivity index (χ1) is 8.11. The topological polar surface area (TPSA) is 98.2 Å². The molecule has 2 heterocycles. The molecule has 0 bridgehead atoms. The Balaban J connectivity index is 2.07. The van der Waals surface area contributed by atoms with Crippen molar-refractivity contribution in [1.82, 2.24) is 9.97 Å². The van der Waals surface area contributed by atoms with Crippen LogP contribution in [0.1, 0.15) is 0 Å². The Kier molecular flexibility index (Phi) is 3.65. The van der Waals surface area contributed by atoms with Crippen LogP contribution in [0.3, 0.4) is 0 Å². The molecule has 8 heteroatoms. The van der Waals surface area contributed by atoms with Crippen LogP contribution in [0.5, 0.6) is 0 Å². The maximum atomic E-state index is 13.6. The Morgan fingerprint density at radius 3 is 3.00 bits per heavy atom. The van der Waals surface area contributed by atoms with Crippen molar-refractivity contribution in [2.24, 2.45) is 0 Å². The van der Waals surface area contributed by atoms with Gasteiger partial charge < -0.3 is 20.5 Å². The molecular formula is C9H12FN3O3S. The molecule has 1 aromatic rings. The molecule has 0 amide bonds. The fourth-order valence-corrected chi connectivity index (χ4v) is 2.86. The predicted molar refractivity (Wildman–Crippen MR) is 61.6 cm³/mol. The molecule has 6 nitrogen and oxygen atoms in total. The molecule has 0 spiro atoms. The lowest BCUT2D eigenvalue weighted by molar-refractivity contribution is 0.0741. The van der Waals surface area contributed by atoms with E-state index in [9.17, 15) is 14.3 Å². The van der Waals surface area contributed by atoms with Gasteiger partial charge in [0.15, 0.2) is 6.17 Å². The minimum Gasteiger partial charge on any atom is -0.395 e. The number of rotatable bonds is 3. The number of aromatic amines is 1. The molecule has 94 valence electrons. The highest BCUT2D eigenvalue weighted by molar-refractivity contribution is 8.01. The normalized spacial score (nSPS) is 32.6. The molecule has 0 saturated carbocycles. The monoisotopic (exact) mass is 261 g/mol. The molecule has 1 aromatic heterocycles. The highest BCUT2D eigenvalue weighted by Gasteiger charge is 2.43. The second-order valence-electron chi connectivity index (χ2n) is 3.64. The molecule has 4 N–H and O–H groups in total. The van der Waals surface area contributed by atoms with Gasteiger partial charge in [0.25, 0.3) is 0 Å². The van der Waals surface area contributed by atoms with Gasteiger partial charge >= 0.3 is 5.69 Å². The maximum Gasteiger partial charge on any atom is 0.346 e. The Morgan fingerprint density at radius 1 is 1.65 bits per heavy atom. The summed E-state index contributed by atoms with van der Waals surface area (Å²) < 4.78 is 13.6. The Hall–Kier alpha value is -1.12. The van der Waals surface area contributed by atoms with Crippen molar-refractivity contribution in [2.75, 3.05) is 11.9 Å². The molecule has 0 unspecified atom stereocenters. The van der Waals surface area contributed by atoms with Gasteiger partial charge in [-0.2, -0.15) is 4.98 Å². The van der Waals surface area contributed by atoms with E-state index in [1.54, 1.807) is 0 Å². The first-order valence-electron chi connectivity index (χ1n) is 5.02. The third-order valence-electron chi connectivity index (χ3n) is 2.46. The van der Waals surface area contributed by atoms with Crippen molar-refractivity contribution in [3.63, 3.8) is 0 Å². The smallest absolute Gasteiger partial charge is 0.346 e. The van der Waals surface area contributed by atoms with Gasteiger partial charge in [0.1, 0.15) is 17.3 Å². The van der Waals surface area contributed by atoms with Gasteiger partial charge in [-0.1, -0.05) is 0 Å². The summed E-state index contributed by atoms with van der Waals surface area (Å²) in [5.41, 5.74) is -0.535. The number of H-pyrrole nitrogens is 1. The summed E-state index contributed by atoms with van der Waals surface area (Å²) in [5, 5.41) is 19.8. The number of aromatic nitrogens is 2. The summed E-state index contributed by atoms with van der Waals surface area (Å²) in [7, 11) is 0. The second-order valence-corrected chi connectivity index (χ2v) is 5.02. The molecule has 2 rings (SSSR count). The fourth-order valence-electron chi connectivity index (χ4n) is 1.59. The molecule has 4 atom stereocenters. The van der Waals surface area contributed by atoms with Gasteiger partial charge in [-0.05, 0) is 6.07 Å². The van der Waals surface area contributed by atoms with Crippen LogP contribution < -0.4 is 11.0 Å². The lowest BCUT2D eigenvalue weighted by Crippen LogP contribution is -2.33. The quantitative estimate of drug-likeness (QED) is 0.575. The van der Waals surface area contributed by atoms with E-state index in [2.05, 4.69) is 15.3 Å². The molecule has 1 saturated heterocycles. The summed E-state index contributed by atoms with van der Waals surface area (Å²) in [6.07, 6.45) is -1.34. The number of alkyl halides is 1. The number of nitrogens with one attached hydrogen (secondary N) is 2. The van der Waals surface area contributed by atoms with Crippen molar-refractivity contribution in [3.05, 3.63) is 22.7 Å². The summed E-state index contributed by atoms with van der Waals surface area (Å²) in [6.45, 7) is -0.298. The second kappa shape index (κ2) is 5.03. The summed E-state index contributed by atoms with van der Waals surface area (Å²) in [4.78, 5) is 16.9. The van der Waals surface area contributed by atoms with Gasteiger partial charge in [0.2, 0.25) is 0 Å². The lowest BCUT2D eigenvalue weighted by Gasteiger charge is -2.14. The van der Waals surface area contributed by atoms with Crippen molar-refractivity contribution in [1.29, 1.82) is 0 Å². The fraction of sp³-hybridized carbons (Fsp3) is 0.556. The molecule has 0 radical (unpaired) electrons. The van der Waals surface area contributed by atoms with Crippen LogP contribution in [0.15, 0.2) is 17.1 Å². The number of nitrogens with zero attached hydrogens (tertiary/aromatic N) is 1. The van der Waals surface area contributed by atoms with Crippen LogP contribution in [-0.2, 0) is 0 Å². The average Bonchev–Trinajstić information content (AvgIpc) is 2.57. The van der Waals surface area contributed by atoms with Gasteiger partial charge in [0, 0.05) is 6.20 Å². The first kappa shape index (κ1) is 12.3. The number of anilines is 1. The van der Waals surface area contributed by atoms with E-state index >= 15 is 0 Å². The van der Waals surface area contributed by atoms with E-state index in [4.69, 9.17) is 5.11 Å². The van der Waals surface area contributed by atoms with Crippen LogP contribution in [0.2, 0.25) is 0 Å². The van der Waals surface area contributed by atoms with Crippen LogP contribution in [0.4, 0.5) is 10.2 Å². The third kappa shape index (κ3) is 2.59. The summed E-state index contributed by atoms with van der Waals surface area (Å²) in [6, 6.07) is 1.49. The van der Waals surface area contributed by atoms with Crippen molar-refractivity contribution in [3.8, 4) is 0 Å². The van der Waals surface area contributed by atoms with E-state index < -0.39 is 28.6 Å². The van der Waals surface area contributed by atoms with Crippen LogP contribution in [-0.4, -0.2) is 49.7 Å². The molecule has 0 aromatic carbocycles. The van der Waals surface area contributed by atoms with E-state index in [0.29, 0.717) is 0 Å². The first-order valence-corrected chi connectivity index (χ1v) is 5.97. The Bertz CT molecular complexity index is 443. The highest BCUT2D eigenvalue weighted by atomic mass is 32.2. The minimum absolute atomic E-state index is 0.236. The summed E-state index contributed by atoms with van der Waals surface area (Å²) in [5.74, 6) is 0.236. The minimum atomic E-state index is -1.52. The Labute approximate surface area is 100 Å². The van der Waals surface area contributed by atoms with Gasteiger partial charge in [-0.15, -0.1) is 11.8 Å². The zero-order valence-corrected chi connectivity index (χ0v) is 9.52. The standard InChI is InChI=1S/C9H12FN3O3S/c10-6-7(15)4(3-14)17-8(6)12-5-1-2-11-9(16)13-5/h1-2,4,6-8,14-15H,3H2,(H2,11,12,13,16)/t4-,6+,7-,8-/m1/s1. The summed E-state index contributed by atoms with van der Waals surface area (Å²) >= 11 is 1.09. The average molecular weight is 261 g/mol. The number of thioether (sulfide) groups is 1. The molecular weight excluding hydrogens is 249 g/mol. The largest absolute Gasteiger partial charge is 0.395 e. The van der Waals surface area contributed by atoms with Gasteiger partial charge in [0.05, 0.1) is 11.9 Å². The van der Waals surface area contributed by atoms with Crippen LogP contribution in [0, 0.1) is 0 Å².